The maximum atomic E-state index is 12.4. The summed E-state index contributed by atoms with van der Waals surface area (Å²) >= 11 is 0. The molecule has 0 unspecified atom stereocenters. The molecule has 0 aliphatic carbocycles. The van der Waals surface area contributed by atoms with Crippen LogP contribution in [0, 0.1) is 0 Å². The SMILES string of the molecule is CCCCS(=O)(=O)N[C@@H](C)C(=O)OCC(=O)N1CC(=O)Nc2ccccc21. The first-order valence-electron chi connectivity index (χ1n) is 8.59. The van der Waals surface area contributed by atoms with Crippen molar-refractivity contribution in [3.8, 4) is 0 Å². The average Bonchev–Trinajstić information content (AvgIpc) is 2.63. The first-order valence-corrected chi connectivity index (χ1v) is 10.2. The predicted molar refractivity (Wildman–Crippen MR) is 99.7 cm³/mol. The molecular formula is C17H23N3O6S. The topological polar surface area (TPSA) is 122 Å². The fourth-order valence-corrected chi connectivity index (χ4v) is 3.92. The van der Waals surface area contributed by atoms with Crippen LogP contribution < -0.4 is 14.9 Å². The van der Waals surface area contributed by atoms with Crippen LogP contribution in [-0.2, 0) is 29.1 Å². The molecule has 2 amide bonds. The molecule has 0 spiro atoms. The van der Waals surface area contributed by atoms with E-state index in [1.54, 1.807) is 24.3 Å². The van der Waals surface area contributed by atoms with Gasteiger partial charge >= 0.3 is 5.97 Å². The quantitative estimate of drug-likeness (QED) is 0.620. The summed E-state index contributed by atoms with van der Waals surface area (Å²) in [5, 5.41) is 2.65. The second-order valence-corrected chi connectivity index (χ2v) is 8.04. The van der Waals surface area contributed by atoms with Crippen LogP contribution in [0.3, 0.4) is 0 Å². The number of unbranched alkanes of at least 4 members (excludes halogenated alkanes) is 1. The molecule has 9 nitrogen and oxygen atoms in total. The van der Waals surface area contributed by atoms with E-state index in [-0.39, 0.29) is 18.2 Å². The van der Waals surface area contributed by atoms with Crippen LogP contribution in [0.2, 0.25) is 0 Å². The van der Waals surface area contributed by atoms with Crippen molar-refractivity contribution >= 4 is 39.2 Å². The molecule has 1 aliphatic heterocycles. The lowest BCUT2D eigenvalue weighted by Crippen LogP contribution is -2.45. The average molecular weight is 397 g/mol. The van der Waals surface area contributed by atoms with Crippen LogP contribution in [0.1, 0.15) is 26.7 Å². The maximum absolute atomic E-state index is 12.4. The van der Waals surface area contributed by atoms with Crippen molar-refractivity contribution in [2.24, 2.45) is 0 Å². The third-order valence-corrected chi connectivity index (χ3v) is 5.42. The van der Waals surface area contributed by atoms with Crippen molar-refractivity contribution in [3.63, 3.8) is 0 Å². The van der Waals surface area contributed by atoms with Crippen molar-refractivity contribution in [1.82, 2.24) is 4.72 Å². The number of nitrogens with zero attached hydrogens (tertiary/aromatic N) is 1. The number of esters is 1. The number of fused-ring (bicyclic) bond motifs is 1. The van der Waals surface area contributed by atoms with Gasteiger partial charge in [0.25, 0.3) is 5.91 Å². The van der Waals surface area contributed by atoms with Crippen LogP contribution in [0.4, 0.5) is 11.4 Å². The Balaban J connectivity index is 1.93. The number of carbonyl (C=O) groups is 3. The van der Waals surface area contributed by atoms with E-state index < -0.39 is 34.5 Å². The number of carbonyl (C=O) groups excluding carboxylic acids is 3. The number of benzene rings is 1. The Morgan fingerprint density at radius 3 is 2.74 bits per heavy atom. The van der Waals surface area contributed by atoms with Crippen LogP contribution >= 0.6 is 0 Å². The van der Waals surface area contributed by atoms with E-state index in [2.05, 4.69) is 10.0 Å². The lowest BCUT2D eigenvalue weighted by atomic mass is 10.2. The molecule has 1 heterocycles. The number of rotatable bonds is 8. The Labute approximate surface area is 158 Å². The zero-order chi connectivity index (χ0) is 20.0. The van der Waals surface area contributed by atoms with E-state index in [0.29, 0.717) is 24.2 Å². The number of nitrogens with one attached hydrogen (secondary N) is 2. The number of para-hydroxylation sites is 2. The molecule has 1 atom stereocenters. The molecule has 0 aromatic heterocycles. The van der Waals surface area contributed by atoms with E-state index in [1.165, 1.54) is 11.8 Å². The minimum absolute atomic E-state index is 0.0836. The maximum Gasteiger partial charge on any atom is 0.324 e. The van der Waals surface area contributed by atoms with E-state index in [1.807, 2.05) is 6.92 Å². The number of amides is 2. The molecule has 148 valence electrons. The van der Waals surface area contributed by atoms with Gasteiger partial charge in [-0.05, 0) is 25.5 Å². The van der Waals surface area contributed by atoms with Crippen LogP contribution in [0.5, 0.6) is 0 Å². The van der Waals surface area contributed by atoms with Gasteiger partial charge in [-0.25, -0.2) is 13.1 Å². The molecule has 0 saturated heterocycles. The molecular weight excluding hydrogens is 374 g/mol. The van der Waals surface area contributed by atoms with E-state index in [0.717, 1.165) is 0 Å². The zero-order valence-corrected chi connectivity index (χ0v) is 16.0. The van der Waals surface area contributed by atoms with Crippen LogP contribution in [-0.4, -0.2) is 51.1 Å². The number of ether oxygens (including phenoxy) is 1. The first-order chi connectivity index (χ1) is 12.7. The standard InChI is InChI=1S/C17H23N3O6S/c1-3-4-9-27(24,25)19-12(2)17(23)26-11-16(22)20-10-15(21)18-13-7-5-6-8-14(13)20/h5-8,12,19H,3-4,9-11H2,1-2H3,(H,18,21)/t12-/m0/s1. The smallest absolute Gasteiger partial charge is 0.324 e. The summed E-state index contributed by atoms with van der Waals surface area (Å²) in [6.45, 7) is 2.42. The molecule has 2 N–H and O–H groups in total. The Bertz CT molecular complexity index is 824. The van der Waals surface area contributed by atoms with Gasteiger partial charge in [0, 0.05) is 0 Å². The molecule has 1 aromatic carbocycles. The predicted octanol–water partition coefficient (Wildman–Crippen LogP) is 0.623. The van der Waals surface area contributed by atoms with Gasteiger partial charge in [-0.3, -0.25) is 19.3 Å². The second kappa shape index (κ2) is 8.96. The second-order valence-electron chi connectivity index (χ2n) is 6.16. The van der Waals surface area contributed by atoms with Gasteiger partial charge in [0.1, 0.15) is 12.6 Å². The Morgan fingerprint density at radius 2 is 2.04 bits per heavy atom. The van der Waals surface area contributed by atoms with Crippen molar-refractivity contribution < 1.29 is 27.5 Å². The molecule has 10 heteroatoms. The third kappa shape index (κ3) is 5.76. The van der Waals surface area contributed by atoms with Crippen LogP contribution in [0.25, 0.3) is 0 Å². The molecule has 1 aliphatic rings. The minimum atomic E-state index is -3.59. The summed E-state index contributed by atoms with van der Waals surface area (Å²) < 4.78 is 30.8. The summed E-state index contributed by atoms with van der Waals surface area (Å²) in [6.07, 6.45) is 1.19. The largest absolute Gasteiger partial charge is 0.454 e. The van der Waals surface area contributed by atoms with Gasteiger partial charge in [-0.2, -0.15) is 0 Å². The Kier molecular flexibility index (Phi) is 6.92. The summed E-state index contributed by atoms with van der Waals surface area (Å²) in [5.74, 6) is -1.88. The van der Waals surface area contributed by atoms with Crippen molar-refractivity contribution in [2.75, 3.05) is 29.1 Å². The van der Waals surface area contributed by atoms with Crippen molar-refractivity contribution in [2.45, 2.75) is 32.7 Å². The summed E-state index contributed by atoms with van der Waals surface area (Å²) in [6, 6.07) is 5.65. The van der Waals surface area contributed by atoms with Gasteiger partial charge in [-0.1, -0.05) is 25.5 Å². The Hall–Kier alpha value is -2.46. The molecule has 2 rings (SSSR count). The number of anilines is 2. The molecule has 0 fully saturated rings. The zero-order valence-electron chi connectivity index (χ0n) is 15.2. The molecule has 27 heavy (non-hydrogen) atoms. The Morgan fingerprint density at radius 1 is 1.33 bits per heavy atom. The summed E-state index contributed by atoms with van der Waals surface area (Å²) in [4.78, 5) is 37.3. The van der Waals surface area contributed by atoms with Crippen LogP contribution in [0.15, 0.2) is 24.3 Å². The monoisotopic (exact) mass is 397 g/mol. The highest BCUT2D eigenvalue weighted by atomic mass is 32.2. The van der Waals surface area contributed by atoms with Gasteiger partial charge < -0.3 is 10.1 Å². The fourth-order valence-electron chi connectivity index (χ4n) is 2.50. The first kappa shape index (κ1) is 20.8. The molecule has 0 saturated carbocycles. The lowest BCUT2D eigenvalue weighted by molar-refractivity contribution is -0.149. The molecule has 1 aromatic rings. The minimum Gasteiger partial charge on any atom is -0.454 e. The summed E-state index contributed by atoms with van der Waals surface area (Å²) in [7, 11) is -3.59. The highest BCUT2D eigenvalue weighted by Crippen LogP contribution is 2.28. The number of sulfonamides is 1. The van der Waals surface area contributed by atoms with E-state index in [4.69, 9.17) is 4.74 Å². The highest BCUT2D eigenvalue weighted by molar-refractivity contribution is 7.89. The fraction of sp³-hybridized carbons (Fsp3) is 0.471. The number of hydrogen-bond donors (Lipinski definition) is 2. The molecule has 0 bridgehead atoms. The van der Waals surface area contributed by atoms with Gasteiger partial charge in [0.05, 0.1) is 17.1 Å². The van der Waals surface area contributed by atoms with E-state index >= 15 is 0 Å². The molecule has 0 radical (unpaired) electrons. The van der Waals surface area contributed by atoms with Crippen molar-refractivity contribution in [3.05, 3.63) is 24.3 Å². The normalized spacial score (nSPS) is 14.9. The number of hydrogen-bond acceptors (Lipinski definition) is 6. The lowest BCUT2D eigenvalue weighted by Gasteiger charge is -2.29. The van der Waals surface area contributed by atoms with Gasteiger partial charge in [0.2, 0.25) is 15.9 Å². The highest BCUT2D eigenvalue weighted by Gasteiger charge is 2.28. The summed E-state index contributed by atoms with van der Waals surface area (Å²) in [5.41, 5.74) is 0.997. The third-order valence-electron chi connectivity index (χ3n) is 3.89. The van der Waals surface area contributed by atoms with E-state index in [9.17, 15) is 22.8 Å². The van der Waals surface area contributed by atoms with Gasteiger partial charge in [0.15, 0.2) is 6.61 Å². The van der Waals surface area contributed by atoms with Gasteiger partial charge in [-0.15, -0.1) is 0 Å². The van der Waals surface area contributed by atoms with Crippen molar-refractivity contribution in [1.29, 1.82) is 0 Å².